The Morgan fingerprint density at radius 2 is 2.09 bits per heavy atom. The van der Waals surface area contributed by atoms with Crippen molar-refractivity contribution in [1.29, 1.82) is 0 Å². The first-order valence-corrected chi connectivity index (χ1v) is 9.50. The lowest BCUT2D eigenvalue weighted by atomic mass is 10.0. The molecular formula is C18H28O4S. The van der Waals surface area contributed by atoms with Crippen LogP contribution in [0.15, 0.2) is 23.5 Å². The third kappa shape index (κ3) is 7.25. The monoisotopic (exact) mass is 340 g/mol. The molecule has 0 N–H and O–H groups in total. The van der Waals surface area contributed by atoms with Crippen LogP contribution in [0.1, 0.15) is 52.4 Å². The van der Waals surface area contributed by atoms with E-state index in [1.807, 2.05) is 18.7 Å². The number of carbonyl (C=O) groups excluding carboxylic acids is 2. The van der Waals surface area contributed by atoms with Crippen LogP contribution in [0.4, 0.5) is 0 Å². The largest absolute Gasteiger partial charge is 0.465 e. The number of thioether (sulfide) groups is 1. The molecule has 0 radical (unpaired) electrons. The van der Waals surface area contributed by atoms with Gasteiger partial charge in [-0.3, -0.25) is 4.79 Å². The van der Waals surface area contributed by atoms with Gasteiger partial charge in [0.25, 0.3) is 0 Å². The Balaban J connectivity index is 2.46. The summed E-state index contributed by atoms with van der Waals surface area (Å²) in [6.45, 7) is 3.66. The molecule has 0 aromatic heterocycles. The van der Waals surface area contributed by atoms with Crippen molar-refractivity contribution in [3.8, 4) is 0 Å². The van der Waals surface area contributed by atoms with E-state index in [2.05, 4.69) is 0 Å². The summed E-state index contributed by atoms with van der Waals surface area (Å²) in [5, 5.41) is 0. The van der Waals surface area contributed by atoms with E-state index in [0.717, 1.165) is 18.8 Å². The van der Waals surface area contributed by atoms with Gasteiger partial charge in [-0.2, -0.15) is 11.8 Å². The maximum atomic E-state index is 12.0. The van der Waals surface area contributed by atoms with E-state index in [1.165, 1.54) is 31.5 Å². The van der Waals surface area contributed by atoms with Crippen LogP contribution in [0, 0.1) is 5.92 Å². The first kappa shape index (κ1) is 19.8. The molecule has 0 aromatic carbocycles. The molecule has 23 heavy (non-hydrogen) atoms. The summed E-state index contributed by atoms with van der Waals surface area (Å²) in [7, 11) is 1.32. The van der Waals surface area contributed by atoms with E-state index in [-0.39, 0.29) is 5.97 Å². The lowest BCUT2D eigenvalue weighted by molar-refractivity contribution is -0.140. The number of hydrogen-bond donors (Lipinski definition) is 0. The fourth-order valence-electron chi connectivity index (χ4n) is 2.57. The number of esters is 2. The summed E-state index contributed by atoms with van der Waals surface area (Å²) >= 11 is 2.02. The van der Waals surface area contributed by atoms with E-state index in [4.69, 9.17) is 9.47 Å². The average Bonchev–Trinajstić information content (AvgIpc) is 3.07. The van der Waals surface area contributed by atoms with E-state index in [1.54, 1.807) is 19.1 Å². The van der Waals surface area contributed by atoms with Gasteiger partial charge in [-0.1, -0.05) is 19.4 Å². The van der Waals surface area contributed by atoms with Crippen LogP contribution in [-0.2, 0) is 19.1 Å². The minimum absolute atomic E-state index is 0.270. The Kier molecular flexibility index (Phi) is 9.76. The Hall–Kier alpha value is -1.23. The van der Waals surface area contributed by atoms with Crippen LogP contribution in [0.25, 0.3) is 0 Å². The summed E-state index contributed by atoms with van der Waals surface area (Å²) in [6.07, 6.45) is 8.63. The molecule has 1 rings (SSSR count). The summed E-state index contributed by atoms with van der Waals surface area (Å²) in [5.74, 6) is 2.99. The molecular weight excluding hydrogens is 312 g/mol. The summed E-state index contributed by atoms with van der Waals surface area (Å²) < 4.78 is 10.1. The molecule has 0 spiro atoms. The quantitative estimate of drug-likeness (QED) is 0.206. The third-order valence-electron chi connectivity index (χ3n) is 3.86. The highest BCUT2D eigenvalue weighted by molar-refractivity contribution is 7.99. The van der Waals surface area contributed by atoms with Gasteiger partial charge >= 0.3 is 11.9 Å². The van der Waals surface area contributed by atoms with Gasteiger partial charge < -0.3 is 9.47 Å². The predicted octanol–water partition coefficient (Wildman–Crippen LogP) is 4.26. The van der Waals surface area contributed by atoms with Gasteiger partial charge in [0.2, 0.25) is 0 Å². The van der Waals surface area contributed by atoms with Gasteiger partial charge in [0.05, 0.1) is 12.7 Å². The van der Waals surface area contributed by atoms with Gasteiger partial charge in [0.1, 0.15) is 5.76 Å². The predicted molar refractivity (Wildman–Crippen MR) is 94.1 cm³/mol. The fourth-order valence-corrected chi connectivity index (χ4v) is 3.90. The number of methoxy groups -OCH3 is 1. The molecule has 0 aromatic rings. The van der Waals surface area contributed by atoms with Crippen LogP contribution in [0.5, 0.6) is 0 Å². The molecule has 1 aliphatic heterocycles. The minimum atomic E-state index is -0.480. The molecule has 0 saturated carbocycles. The molecule has 4 nitrogen and oxygen atoms in total. The Morgan fingerprint density at radius 1 is 1.30 bits per heavy atom. The minimum Gasteiger partial charge on any atom is -0.465 e. The van der Waals surface area contributed by atoms with Gasteiger partial charge in [-0.25, -0.2) is 4.79 Å². The van der Waals surface area contributed by atoms with Gasteiger partial charge in [0.15, 0.2) is 0 Å². The zero-order valence-electron chi connectivity index (χ0n) is 14.4. The Bertz CT molecular complexity index is 448. The number of rotatable bonds is 9. The van der Waals surface area contributed by atoms with Crippen LogP contribution < -0.4 is 0 Å². The SMILES string of the molecule is CC=CC(C(=O)OC)=C(CC)OC(=O)CCCCC1CCSC1. The molecule has 1 fully saturated rings. The molecule has 0 bridgehead atoms. The fraction of sp³-hybridized carbons (Fsp3) is 0.667. The molecule has 1 aliphatic rings. The number of allylic oxidation sites excluding steroid dienone is 2. The molecule has 130 valence electrons. The number of ether oxygens (including phenoxy) is 2. The van der Waals surface area contributed by atoms with Crippen molar-refractivity contribution in [2.45, 2.75) is 52.4 Å². The molecule has 0 amide bonds. The summed E-state index contributed by atoms with van der Waals surface area (Å²) in [4.78, 5) is 23.8. The smallest absolute Gasteiger partial charge is 0.341 e. The van der Waals surface area contributed by atoms with E-state index >= 15 is 0 Å². The summed E-state index contributed by atoms with van der Waals surface area (Å²) in [6, 6.07) is 0. The lowest BCUT2D eigenvalue weighted by Gasteiger charge is -2.11. The van der Waals surface area contributed by atoms with Gasteiger partial charge in [-0.05, 0) is 49.7 Å². The highest BCUT2D eigenvalue weighted by Crippen LogP contribution is 2.27. The zero-order chi connectivity index (χ0) is 17.1. The first-order chi connectivity index (χ1) is 11.1. The molecule has 5 heteroatoms. The topological polar surface area (TPSA) is 52.6 Å². The normalized spacial score (nSPS) is 18.8. The van der Waals surface area contributed by atoms with Crippen LogP contribution >= 0.6 is 11.8 Å². The standard InChI is InChI=1S/C18H28O4S/c1-4-8-15(18(20)21-3)16(5-2)22-17(19)10-7-6-9-14-11-12-23-13-14/h4,8,14H,5-7,9-13H2,1-3H3. The van der Waals surface area contributed by atoms with Crippen molar-refractivity contribution >= 4 is 23.7 Å². The Morgan fingerprint density at radius 3 is 2.65 bits per heavy atom. The molecule has 1 atom stereocenters. The van der Waals surface area contributed by atoms with Crippen molar-refractivity contribution in [2.24, 2.45) is 5.92 Å². The maximum Gasteiger partial charge on any atom is 0.341 e. The van der Waals surface area contributed by atoms with Crippen LogP contribution in [0.3, 0.4) is 0 Å². The first-order valence-electron chi connectivity index (χ1n) is 8.34. The number of hydrogen-bond acceptors (Lipinski definition) is 5. The molecule has 1 heterocycles. The molecule has 1 saturated heterocycles. The second-order valence-electron chi connectivity index (χ2n) is 5.63. The van der Waals surface area contributed by atoms with Crippen LogP contribution in [-0.4, -0.2) is 30.6 Å². The van der Waals surface area contributed by atoms with Gasteiger partial charge in [0, 0.05) is 12.8 Å². The molecule has 1 unspecified atom stereocenters. The highest BCUT2D eigenvalue weighted by Gasteiger charge is 2.17. The zero-order valence-corrected chi connectivity index (χ0v) is 15.2. The maximum absolute atomic E-state index is 12.0. The average molecular weight is 340 g/mol. The second-order valence-corrected chi connectivity index (χ2v) is 6.78. The number of carbonyl (C=O) groups is 2. The summed E-state index contributed by atoms with van der Waals surface area (Å²) in [5.41, 5.74) is 0.314. The Labute approximate surface area is 143 Å². The van der Waals surface area contributed by atoms with E-state index in [9.17, 15) is 9.59 Å². The van der Waals surface area contributed by atoms with E-state index in [0.29, 0.717) is 24.2 Å². The highest BCUT2D eigenvalue weighted by atomic mass is 32.2. The lowest BCUT2D eigenvalue weighted by Crippen LogP contribution is -2.11. The van der Waals surface area contributed by atoms with Crippen molar-refractivity contribution in [1.82, 2.24) is 0 Å². The van der Waals surface area contributed by atoms with Crippen molar-refractivity contribution < 1.29 is 19.1 Å². The third-order valence-corrected chi connectivity index (χ3v) is 5.10. The second kappa shape index (κ2) is 11.3. The van der Waals surface area contributed by atoms with Crippen LogP contribution in [0.2, 0.25) is 0 Å². The van der Waals surface area contributed by atoms with Crippen molar-refractivity contribution in [3.05, 3.63) is 23.5 Å². The number of unbranched alkanes of at least 4 members (excludes halogenated alkanes) is 1. The van der Waals surface area contributed by atoms with Gasteiger partial charge in [-0.15, -0.1) is 0 Å². The van der Waals surface area contributed by atoms with E-state index < -0.39 is 5.97 Å². The molecule has 0 aliphatic carbocycles. The van der Waals surface area contributed by atoms with Crippen molar-refractivity contribution in [2.75, 3.05) is 18.6 Å². The van der Waals surface area contributed by atoms with Crippen molar-refractivity contribution in [3.63, 3.8) is 0 Å².